The molecule has 8 heteroatoms. The summed E-state index contributed by atoms with van der Waals surface area (Å²) in [5.74, 6) is 0.406. The van der Waals surface area contributed by atoms with E-state index in [1.165, 1.54) is 4.52 Å². The zero-order valence-electron chi connectivity index (χ0n) is 9.56. The van der Waals surface area contributed by atoms with Crippen LogP contribution in [0.1, 0.15) is 18.2 Å². The highest BCUT2D eigenvalue weighted by Crippen LogP contribution is 2.26. The maximum atomic E-state index is 10.8. The molecule has 0 aliphatic carbocycles. The first-order valence-electron chi connectivity index (χ1n) is 5.35. The van der Waals surface area contributed by atoms with Crippen LogP contribution in [0.15, 0.2) is 6.20 Å². The number of hydrogen-bond acceptors (Lipinski definition) is 4. The van der Waals surface area contributed by atoms with Crippen LogP contribution in [0.4, 0.5) is 5.69 Å². The Morgan fingerprint density at radius 2 is 2.28 bits per heavy atom. The second-order valence-corrected chi connectivity index (χ2v) is 4.38. The van der Waals surface area contributed by atoms with Crippen LogP contribution in [-0.2, 0) is 12.8 Å². The van der Waals surface area contributed by atoms with E-state index in [2.05, 4.69) is 10.1 Å². The number of aromatic nitrogens is 3. The largest absolute Gasteiger partial charge is 0.333 e. The molecule has 0 atom stereocenters. The third-order valence-electron chi connectivity index (χ3n) is 2.63. The monoisotopic (exact) mass is 288 g/mol. The molecule has 0 saturated heterocycles. The summed E-state index contributed by atoms with van der Waals surface area (Å²) in [7, 11) is 0. The minimum Gasteiger partial charge on any atom is -0.258 e. The molecule has 2 aromatic rings. The van der Waals surface area contributed by atoms with Crippen LogP contribution in [0.2, 0.25) is 5.15 Å². The van der Waals surface area contributed by atoms with E-state index in [1.807, 2.05) is 6.92 Å². The molecule has 0 bridgehead atoms. The van der Waals surface area contributed by atoms with Crippen molar-refractivity contribution in [1.29, 1.82) is 0 Å². The summed E-state index contributed by atoms with van der Waals surface area (Å²) in [6.45, 7) is 1.91. The van der Waals surface area contributed by atoms with Gasteiger partial charge in [0.05, 0.1) is 4.92 Å². The van der Waals surface area contributed by atoms with E-state index >= 15 is 0 Å². The molecule has 2 heterocycles. The van der Waals surface area contributed by atoms with E-state index in [0.29, 0.717) is 23.9 Å². The van der Waals surface area contributed by atoms with E-state index < -0.39 is 4.92 Å². The van der Waals surface area contributed by atoms with Crippen molar-refractivity contribution in [3.05, 3.63) is 32.7 Å². The van der Waals surface area contributed by atoms with Gasteiger partial charge in [-0.3, -0.25) is 10.1 Å². The minimum absolute atomic E-state index is 0.149. The van der Waals surface area contributed by atoms with Gasteiger partial charge in [0.25, 0.3) is 0 Å². The summed E-state index contributed by atoms with van der Waals surface area (Å²) >= 11 is 11.9. The molecule has 0 N–H and O–H groups in total. The third kappa shape index (κ3) is 2.02. The summed E-state index contributed by atoms with van der Waals surface area (Å²) in [6, 6.07) is 0. The van der Waals surface area contributed by atoms with Crippen LogP contribution < -0.4 is 0 Å². The first kappa shape index (κ1) is 13.0. The fourth-order valence-corrected chi connectivity index (χ4v) is 2.30. The number of nitro groups is 1. The third-order valence-corrected chi connectivity index (χ3v) is 3.20. The second-order valence-electron chi connectivity index (χ2n) is 3.64. The van der Waals surface area contributed by atoms with Crippen molar-refractivity contribution in [2.75, 3.05) is 5.88 Å². The molecule has 0 saturated carbocycles. The summed E-state index contributed by atoms with van der Waals surface area (Å²) in [5, 5.41) is 15.1. The number of rotatable bonds is 4. The number of nitrogens with zero attached hydrogens (tertiary/aromatic N) is 4. The molecule has 0 aliphatic heterocycles. The Balaban J connectivity index is 2.75. The highest BCUT2D eigenvalue weighted by Gasteiger charge is 2.21. The summed E-state index contributed by atoms with van der Waals surface area (Å²) in [6.07, 6.45) is 2.34. The van der Waals surface area contributed by atoms with Gasteiger partial charge in [-0.05, 0) is 12.8 Å². The van der Waals surface area contributed by atoms with Gasteiger partial charge < -0.3 is 0 Å². The predicted molar refractivity (Wildman–Crippen MR) is 68.5 cm³/mol. The SMILES string of the molecule is CCc1nc2c([N+](=O)[O-])cnn2c(Cl)c1CCCl. The van der Waals surface area contributed by atoms with Gasteiger partial charge in [0.2, 0.25) is 5.65 Å². The van der Waals surface area contributed by atoms with E-state index in [9.17, 15) is 10.1 Å². The lowest BCUT2D eigenvalue weighted by atomic mass is 10.1. The van der Waals surface area contributed by atoms with Gasteiger partial charge in [-0.25, -0.2) is 4.98 Å². The maximum Gasteiger partial charge on any atom is 0.333 e. The van der Waals surface area contributed by atoms with E-state index in [-0.39, 0.29) is 11.3 Å². The molecular formula is C10H10Cl2N4O2. The van der Waals surface area contributed by atoms with E-state index in [1.54, 1.807) is 0 Å². The maximum absolute atomic E-state index is 10.8. The summed E-state index contributed by atoms with van der Waals surface area (Å²) < 4.78 is 1.28. The van der Waals surface area contributed by atoms with Crippen molar-refractivity contribution < 1.29 is 4.92 Å². The van der Waals surface area contributed by atoms with Crippen molar-refractivity contribution in [3.8, 4) is 0 Å². The van der Waals surface area contributed by atoms with Gasteiger partial charge in [-0.15, -0.1) is 11.6 Å². The average Bonchev–Trinajstić information content (AvgIpc) is 2.76. The second kappa shape index (κ2) is 5.07. The van der Waals surface area contributed by atoms with Crippen molar-refractivity contribution in [2.24, 2.45) is 0 Å². The predicted octanol–water partition coefficient (Wildman–Crippen LogP) is 2.63. The Labute approximate surface area is 113 Å². The number of alkyl halides is 1. The fourth-order valence-electron chi connectivity index (χ4n) is 1.79. The van der Waals surface area contributed by atoms with Crippen molar-refractivity contribution >= 4 is 34.5 Å². The van der Waals surface area contributed by atoms with Crippen LogP contribution in [0.3, 0.4) is 0 Å². The van der Waals surface area contributed by atoms with Crippen LogP contribution in [0.5, 0.6) is 0 Å². The molecule has 0 aromatic carbocycles. The Morgan fingerprint density at radius 1 is 1.56 bits per heavy atom. The molecule has 6 nitrogen and oxygen atoms in total. The molecule has 18 heavy (non-hydrogen) atoms. The van der Waals surface area contributed by atoms with E-state index in [4.69, 9.17) is 23.2 Å². The van der Waals surface area contributed by atoms with Crippen molar-refractivity contribution in [3.63, 3.8) is 0 Å². The lowest BCUT2D eigenvalue weighted by Crippen LogP contribution is -2.06. The lowest BCUT2D eigenvalue weighted by Gasteiger charge is -2.09. The van der Waals surface area contributed by atoms with Gasteiger partial charge in [0.15, 0.2) is 0 Å². The number of hydrogen-bond donors (Lipinski definition) is 0. The van der Waals surface area contributed by atoms with Gasteiger partial charge in [-0.2, -0.15) is 9.61 Å². The van der Waals surface area contributed by atoms with Crippen molar-refractivity contribution in [1.82, 2.24) is 14.6 Å². The van der Waals surface area contributed by atoms with Crippen molar-refractivity contribution in [2.45, 2.75) is 19.8 Å². The zero-order valence-corrected chi connectivity index (χ0v) is 11.1. The molecule has 96 valence electrons. The molecule has 0 spiro atoms. The Morgan fingerprint density at radius 3 is 2.83 bits per heavy atom. The van der Waals surface area contributed by atoms with Gasteiger partial charge in [0, 0.05) is 17.1 Å². The van der Waals surface area contributed by atoms with Crippen LogP contribution in [0.25, 0.3) is 5.65 Å². The van der Waals surface area contributed by atoms with Crippen LogP contribution in [0, 0.1) is 10.1 Å². The smallest absolute Gasteiger partial charge is 0.258 e. The van der Waals surface area contributed by atoms with E-state index in [0.717, 1.165) is 17.5 Å². The Bertz CT molecular complexity index is 611. The Hall–Kier alpha value is -1.40. The topological polar surface area (TPSA) is 73.3 Å². The molecule has 0 amide bonds. The zero-order chi connectivity index (χ0) is 13.3. The highest BCUT2D eigenvalue weighted by molar-refractivity contribution is 6.30. The molecule has 0 fully saturated rings. The molecule has 0 unspecified atom stereocenters. The number of fused-ring (bicyclic) bond motifs is 1. The lowest BCUT2D eigenvalue weighted by molar-refractivity contribution is -0.383. The normalized spacial score (nSPS) is 11.1. The number of halogens is 2. The van der Waals surface area contributed by atoms with Gasteiger partial charge >= 0.3 is 5.69 Å². The molecule has 0 radical (unpaired) electrons. The average molecular weight is 289 g/mol. The first-order chi connectivity index (χ1) is 8.60. The molecule has 2 aromatic heterocycles. The Kier molecular flexibility index (Phi) is 3.68. The van der Waals surface area contributed by atoms with Crippen LogP contribution in [-0.4, -0.2) is 25.4 Å². The molecular weight excluding hydrogens is 279 g/mol. The summed E-state index contributed by atoms with van der Waals surface area (Å²) in [4.78, 5) is 14.6. The fraction of sp³-hybridized carbons (Fsp3) is 0.400. The molecule has 0 aliphatic rings. The molecule has 2 rings (SSSR count). The highest BCUT2D eigenvalue weighted by atomic mass is 35.5. The van der Waals surface area contributed by atoms with Gasteiger partial charge in [0.1, 0.15) is 11.3 Å². The van der Waals surface area contributed by atoms with Gasteiger partial charge in [-0.1, -0.05) is 18.5 Å². The minimum atomic E-state index is -0.522. The first-order valence-corrected chi connectivity index (χ1v) is 6.26. The van der Waals surface area contributed by atoms with Crippen LogP contribution >= 0.6 is 23.2 Å². The number of aryl methyl sites for hydroxylation is 1. The quantitative estimate of drug-likeness (QED) is 0.375. The standard InChI is InChI=1S/C10H10Cl2N4O2/c1-2-7-6(3-4-11)9(12)15-10(14-7)8(5-13-15)16(17)18/h5H,2-4H2,1H3. The summed E-state index contributed by atoms with van der Waals surface area (Å²) in [5.41, 5.74) is 1.53.